The first-order valence-electron chi connectivity index (χ1n) is 6.85. The highest BCUT2D eigenvalue weighted by Crippen LogP contribution is 2.24. The van der Waals surface area contributed by atoms with Crippen molar-refractivity contribution in [1.29, 1.82) is 0 Å². The Kier molecular flexibility index (Phi) is 4.64. The van der Waals surface area contributed by atoms with Gasteiger partial charge in [-0.3, -0.25) is 4.90 Å². The van der Waals surface area contributed by atoms with Gasteiger partial charge in [0.25, 0.3) is 0 Å². The molecule has 0 amide bonds. The molecule has 2 heterocycles. The highest BCUT2D eigenvalue weighted by atomic mass is 32.2. The number of sulfone groups is 1. The van der Waals surface area contributed by atoms with E-state index in [0.717, 1.165) is 32.6 Å². The quantitative estimate of drug-likeness (QED) is 0.722. The molecule has 0 saturated carbocycles. The van der Waals surface area contributed by atoms with Crippen LogP contribution in [0.5, 0.6) is 0 Å². The molecule has 18 heavy (non-hydrogen) atoms. The van der Waals surface area contributed by atoms with Gasteiger partial charge in [-0.1, -0.05) is 6.92 Å². The summed E-state index contributed by atoms with van der Waals surface area (Å²) in [6, 6.07) is -0.181. The number of piperidine rings is 1. The molecule has 106 valence electrons. The first-order valence-corrected chi connectivity index (χ1v) is 8.67. The number of hydrogen-bond acceptors (Lipinski definition) is 5. The predicted molar refractivity (Wildman–Crippen MR) is 71.3 cm³/mol. The summed E-state index contributed by atoms with van der Waals surface area (Å²) in [5.41, 5.74) is 0. The molecule has 2 aliphatic rings. The van der Waals surface area contributed by atoms with E-state index in [2.05, 4.69) is 17.1 Å². The van der Waals surface area contributed by atoms with Crippen LogP contribution in [0.4, 0.5) is 0 Å². The van der Waals surface area contributed by atoms with E-state index >= 15 is 0 Å². The van der Waals surface area contributed by atoms with Gasteiger partial charge in [-0.15, -0.1) is 0 Å². The molecular weight excluding hydrogens is 252 g/mol. The SMILES string of the molecule is CCNCC1CCCN(C2CS(=O)(=O)CC2O)C1. The number of nitrogens with zero attached hydrogens (tertiary/aromatic N) is 1. The van der Waals surface area contributed by atoms with Gasteiger partial charge < -0.3 is 10.4 Å². The molecule has 0 spiro atoms. The molecule has 3 atom stereocenters. The first-order chi connectivity index (χ1) is 8.52. The molecule has 0 radical (unpaired) electrons. The van der Waals surface area contributed by atoms with E-state index in [4.69, 9.17) is 0 Å². The number of aliphatic hydroxyl groups is 1. The monoisotopic (exact) mass is 276 g/mol. The molecule has 0 aliphatic carbocycles. The van der Waals surface area contributed by atoms with Gasteiger partial charge in [0.15, 0.2) is 9.84 Å². The first kappa shape index (κ1) is 14.2. The van der Waals surface area contributed by atoms with Crippen molar-refractivity contribution < 1.29 is 13.5 Å². The Hall–Kier alpha value is -0.170. The van der Waals surface area contributed by atoms with Crippen LogP contribution in [0.25, 0.3) is 0 Å². The lowest BCUT2D eigenvalue weighted by molar-refractivity contribution is 0.0536. The van der Waals surface area contributed by atoms with E-state index in [-0.39, 0.29) is 17.5 Å². The van der Waals surface area contributed by atoms with Gasteiger partial charge in [0, 0.05) is 6.54 Å². The second-order valence-corrected chi connectivity index (χ2v) is 7.68. The number of aliphatic hydroxyl groups excluding tert-OH is 1. The molecule has 2 N–H and O–H groups in total. The van der Waals surface area contributed by atoms with Crippen molar-refractivity contribution in [3.05, 3.63) is 0 Å². The molecule has 3 unspecified atom stereocenters. The largest absolute Gasteiger partial charge is 0.390 e. The van der Waals surface area contributed by atoms with E-state index in [1.807, 2.05) is 0 Å². The van der Waals surface area contributed by atoms with Crippen LogP contribution in [0, 0.1) is 5.92 Å². The third-order valence-corrected chi connectivity index (χ3v) is 5.69. The van der Waals surface area contributed by atoms with Gasteiger partial charge >= 0.3 is 0 Å². The van der Waals surface area contributed by atoms with Crippen molar-refractivity contribution in [3.8, 4) is 0 Å². The maximum absolute atomic E-state index is 11.5. The standard InChI is InChI=1S/C12H24N2O3S/c1-2-13-6-10-4-3-5-14(7-10)11-8-18(16,17)9-12(11)15/h10-13,15H,2-9H2,1H3. The highest BCUT2D eigenvalue weighted by Gasteiger charge is 2.41. The molecular formula is C12H24N2O3S. The van der Waals surface area contributed by atoms with Gasteiger partial charge in [-0.25, -0.2) is 8.42 Å². The lowest BCUT2D eigenvalue weighted by atomic mass is 9.96. The summed E-state index contributed by atoms with van der Waals surface area (Å²) in [4.78, 5) is 2.18. The summed E-state index contributed by atoms with van der Waals surface area (Å²) in [5, 5.41) is 13.3. The zero-order valence-electron chi connectivity index (χ0n) is 11.0. The third-order valence-electron chi connectivity index (χ3n) is 4.00. The zero-order valence-corrected chi connectivity index (χ0v) is 11.8. The number of rotatable bonds is 4. The molecule has 5 nitrogen and oxygen atoms in total. The minimum absolute atomic E-state index is 0.0634. The fraction of sp³-hybridized carbons (Fsp3) is 1.00. The van der Waals surface area contributed by atoms with Gasteiger partial charge in [0.1, 0.15) is 0 Å². The summed E-state index contributed by atoms with van der Waals surface area (Å²) >= 11 is 0. The van der Waals surface area contributed by atoms with Crippen LogP contribution in [0.2, 0.25) is 0 Å². The number of likely N-dealkylation sites (tertiary alicyclic amines) is 1. The van der Waals surface area contributed by atoms with Crippen molar-refractivity contribution in [1.82, 2.24) is 10.2 Å². The molecule has 2 rings (SSSR count). The normalized spacial score (nSPS) is 36.9. The van der Waals surface area contributed by atoms with Gasteiger partial charge in [-0.2, -0.15) is 0 Å². The lowest BCUT2D eigenvalue weighted by Gasteiger charge is -2.37. The maximum atomic E-state index is 11.5. The highest BCUT2D eigenvalue weighted by molar-refractivity contribution is 7.91. The Morgan fingerprint density at radius 1 is 1.39 bits per heavy atom. The van der Waals surface area contributed by atoms with Crippen molar-refractivity contribution in [2.75, 3.05) is 37.7 Å². The van der Waals surface area contributed by atoms with Crippen LogP contribution in [-0.2, 0) is 9.84 Å². The van der Waals surface area contributed by atoms with Gasteiger partial charge in [0.05, 0.1) is 23.7 Å². The summed E-state index contributed by atoms with van der Waals surface area (Å²) in [6.07, 6.45) is 1.59. The summed E-state index contributed by atoms with van der Waals surface area (Å²) in [7, 11) is -3.04. The van der Waals surface area contributed by atoms with Gasteiger partial charge in [0.2, 0.25) is 0 Å². The third kappa shape index (κ3) is 3.44. The van der Waals surface area contributed by atoms with Crippen molar-refractivity contribution in [2.45, 2.75) is 31.9 Å². The molecule has 6 heteroatoms. The van der Waals surface area contributed by atoms with Crippen LogP contribution >= 0.6 is 0 Å². The fourth-order valence-electron chi connectivity index (χ4n) is 3.07. The van der Waals surface area contributed by atoms with Crippen molar-refractivity contribution >= 4 is 9.84 Å². The van der Waals surface area contributed by atoms with Crippen LogP contribution in [-0.4, -0.2) is 68.3 Å². The van der Waals surface area contributed by atoms with E-state index in [0.29, 0.717) is 5.92 Å². The second kappa shape index (κ2) is 5.86. The Bertz CT molecular complexity index is 372. The molecule has 2 fully saturated rings. The van der Waals surface area contributed by atoms with Crippen LogP contribution < -0.4 is 5.32 Å². The number of hydrogen-bond donors (Lipinski definition) is 2. The minimum atomic E-state index is -3.04. The zero-order chi connectivity index (χ0) is 13.2. The molecule has 0 aromatic heterocycles. The van der Waals surface area contributed by atoms with E-state index in [9.17, 15) is 13.5 Å². The van der Waals surface area contributed by atoms with Crippen LogP contribution in [0.1, 0.15) is 19.8 Å². The van der Waals surface area contributed by atoms with Crippen LogP contribution in [0.15, 0.2) is 0 Å². The minimum Gasteiger partial charge on any atom is -0.390 e. The number of nitrogens with one attached hydrogen (secondary N) is 1. The maximum Gasteiger partial charge on any atom is 0.154 e. The summed E-state index contributed by atoms with van der Waals surface area (Å²) in [5.74, 6) is 0.642. The Balaban J connectivity index is 1.92. The van der Waals surface area contributed by atoms with Gasteiger partial charge in [-0.05, 0) is 38.4 Å². The topological polar surface area (TPSA) is 69.6 Å². The predicted octanol–water partition coefficient (Wildman–Crippen LogP) is -0.534. The molecule has 2 saturated heterocycles. The molecule has 0 bridgehead atoms. The molecule has 0 aromatic rings. The average Bonchev–Trinajstić information content (AvgIpc) is 2.60. The fourth-order valence-corrected chi connectivity index (χ4v) is 4.90. The summed E-state index contributed by atoms with van der Waals surface area (Å²) < 4.78 is 23.1. The van der Waals surface area contributed by atoms with Crippen LogP contribution in [0.3, 0.4) is 0 Å². The molecule has 0 aromatic carbocycles. The second-order valence-electron chi connectivity index (χ2n) is 5.52. The van der Waals surface area contributed by atoms with E-state index in [1.165, 1.54) is 6.42 Å². The summed E-state index contributed by atoms with van der Waals surface area (Å²) in [6.45, 7) is 5.87. The van der Waals surface area contributed by atoms with E-state index in [1.54, 1.807) is 0 Å². The van der Waals surface area contributed by atoms with Crippen molar-refractivity contribution in [3.63, 3.8) is 0 Å². The lowest BCUT2D eigenvalue weighted by Crippen LogP contribution is -2.49. The Labute approximate surface area is 109 Å². The Morgan fingerprint density at radius 3 is 2.78 bits per heavy atom. The average molecular weight is 276 g/mol. The molecule has 2 aliphatic heterocycles. The van der Waals surface area contributed by atoms with Crippen molar-refractivity contribution in [2.24, 2.45) is 5.92 Å². The van der Waals surface area contributed by atoms with E-state index < -0.39 is 15.9 Å². The smallest absolute Gasteiger partial charge is 0.154 e. The Morgan fingerprint density at radius 2 is 2.17 bits per heavy atom.